The van der Waals surface area contributed by atoms with Gasteiger partial charge in [0, 0.05) is 37.3 Å². The van der Waals surface area contributed by atoms with Crippen molar-refractivity contribution < 1.29 is 17.9 Å². The predicted octanol–water partition coefficient (Wildman–Crippen LogP) is 0.0382. The summed E-state index contributed by atoms with van der Waals surface area (Å²) in [7, 11) is -3.31. The van der Waals surface area contributed by atoms with E-state index in [4.69, 9.17) is 4.74 Å². The number of carbonyl (C=O) groups excluding carboxylic acids is 1. The van der Waals surface area contributed by atoms with Crippen LogP contribution in [0.1, 0.15) is 26.7 Å². The Morgan fingerprint density at radius 2 is 1.95 bits per heavy atom. The lowest BCUT2D eigenvalue weighted by atomic mass is 10.1. The lowest BCUT2D eigenvalue weighted by Crippen LogP contribution is -2.45. The highest BCUT2D eigenvalue weighted by Crippen LogP contribution is 2.45. The first-order valence-electron chi connectivity index (χ1n) is 7.68. The maximum atomic E-state index is 12.0. The van der Waals surface area contributed by atoms with E-state index >= 15 is 0 Å². The zero-order chi connectivity index (χ0) is 15.5. The van der Waals surface area contributed by atoms with E-state index in [0.717, 1.165) is 45.7 Å². The van der Waals surface area contributed by atoms with Crippen molar-refractivity contribution >= 4 is 15.7 Å². The highest BCUT2D eigenvalue weighted by Gasteiger charge is 2.44. The van der Waals surface area contributed by atoms with Crippen LogP contribution in [0.4, 0.5) is 0 Å². The highest BCUT2D eigenvalue weighted by atomic mass is 32.2. The molecule has 1 atom stereocenters. The van der Waals surface area contributed by atoms with Crippen LogP contribution in [-0.4, -0.2) is 69.6 Å². The summed E-state index contributed by atoms with van der Waals surface area (Å²) in [6.07, 6.45) is 2.19. The smallest absolute Gasteiger partial charge is 0.238 e. The van der Waals surface area contributed by atoms with E-state index in [1.807, 2.05) is 0 Å². The number of rotatable bonds is 7. The molecule has 0 bridgehead atoms. The molecular weight excluding hydrogens is 292 g/mol. The maximum Gasteiger partial charge on any atom is 0.238 e. The summed E-state index contributed by atoms with van der Waals surface area (Å²) in [5.41, 5.74) is 0.142. The van der Waals surface area contributed by atoms with Crippen LogP contribution in [-0.2, 0) is 19.4 Å². The van der Waals surface area contributed by atoms with Crippen LogP contribution < -0.4 is 5.32 Å². The number of sulfone groups is 1. The van der Waals surface area contributed by atoms with Gasteiger partial charge in [-0.15, -0.1) is 0 Å². The third kappa shape index (κ3) is 4.40. The number of nitrogens with one attached hydrogen (secondary N) is 1. The minimum Gasteiger partial charge on any atom is -0.379 e. The quantitative estimate of drug-likeness (QED) is 0.717. The first kappa shape index (κ1) is 16.7. The molecule has 0 aromatic carbocycles. The van der Waals surface area contributed by atoms with Gasteiger partial charge in [0.15, 0.2) is 9.84 Å². The first-order valence-corrected chi connectivity index (χ1v) is 9.39. The second-order valence-electron chi connectivity index (χ2n) is 6.20. The summed E-state index contributed by atoms with van der Waals surface area (Å²) in [5, 5.41) is 1.88. The molecule has 1 N–H and O–H groups in total. The summed E-state index contributed by atoms with van der Waals surface area (Å²) in [6, 6.07) is 0. The van der Waals surface area contributed by atoms with E-state index in [1.54, 1.807) is 6.92 Å². The Balaban J connectivity index is 1.80. The van der Waals surface area contributed by atoms with Gasteiger partial charge in [-0.2, -0.15) is 0 Å². The average Bonchev–Trinajstić information content (AvgIpc) is 3.25. The number of hydrogen-bond donors (Lipinski definition) is 1. The van der Waals surface area contributed by atoms with Crippen LogP contribution in [0.2, 0.25) is 0 Å². The monoisotopic (exact) mass is 318 g/mol. The molecule has 7 heteroatoms. The fourth-order valence-corrected chi connectivity index (χ4v) is 3.54. The van der Waals surface area contributed by atoms with Crippen molar-refractivity contribution in [2.75, 3.05) is 45.1 Å². The molecule has 2 aliphatic rings. The Bertz CT molecular complexity index is 467. The summed E-state index contributed by atoms with van der Waals surface area (Å²) in [5.74, 6) is -0.370. The predicted molar refractivity (Wildman–Crippen MR) is 80.9 cm³/mol. The largest absolute Gasteiger partial charge is 0.379 e. The molecule has 0 spiro atoms. The molecule has 0 aromatic rings. The molecule has 0 aromatic heterocycles. The van der Waals surface area contributed by atoms with Crippen LogP contribution >= 0.6 is 0 Å². The van der Waals surface area contributed by atoms with Gasteiger partial charge in [0.25, 0.3) is 0 Å². The minimum absolute atomic E-state index is 0.000503. The van der Waals surface area contributed by atoms with Gasteiger partial charge < -0.3 is 10.1 Å². The topological polar surface area (TPSA) is 75.7 Å². The Kier molecular flexibility index (Phi) is 5.27. The average molecular weight is 318 g/mol. The van der Waals surface area contributed by atoms with Crippen molar-refractivity contribution in [2.45, 2.75) is 31.9 Å². The Morgan fingerprint density at radius 3 is 2.48 bits per heavy atom. The summed E-state index contributed by atoms with van der Waals surface area (Å²) < 4.78 is 28.8. The molecular formula is C14H26N2O4S. The van der Waals surface area contributed by atoms with Crippen LogP contribution in [0.15, 0.2) is 0 Å². The summed E-state index contributed by atoms with van der Waals surface area (Å²) in [6.45, 7) is 8.00. The number of ether oxygens (including phenoxy) is 1. The Labute approximate surface area is 127 Å². The van der Waals surface area contributed by atoms with E-state index < -0.39 is 15.1 Å². The molecule has 2 fully saturated rings. The summed E-state index contributed by atoms with van der Waals surface area (Å²) >= 11 is 0. The zero-order valence-electron chi connectivity index (χ0n) is 12.9. The van der Waals surface area contributed by atoms with Crippen molar-refractivity contribution in [3.05, 3.63) is 0 Å². The van der Waals surface area contributed by atoms with Gasteiger partial charge in [0.1, 0.15) is 5.25 Å². The van der Waals surface area contributed by atoms with Crippen molar-refractivity contribution in [3.8, 4) is 0 Å². The minimum atomic E-state index is -3.31. The third-order valence-corrected chi connectivity index (χ3v) is 6.66. The molecule has 122 valence electrons. The molecule has 2 rings (SSSR count). The molecule has 1 amide bonds. The number of morpholine rings is 1. The van der Waals surface area contributed by atoms with Crippen molar-refractivity contribution in [1.29, 1.82) is 0 Å². The molecule has 1 aliphatic carbocycles. The van der Waals surface area contributed by atoms with Crippen molar-refractivity contribution in [3.63, 3.8) is 0 Å². The van der Waals surface area contributed by atoms with E-state index in [-0.39, 0.29) is 17.1 Å². The molecule has 1 saturated carbocycles. The zero-order valence-corrected chi connectivity index (χ0v) is 13.7. The second kappa shape index (κ2) is 6.62. The van der Waals surface area contributed by atoms with Crippen LogP contribution in [0.25, 0.3) is 0 Å². The fraction of sp³-hybridized carbons (Fsp3) is 0.929. The molecule has 6 nitrogen and oxygen atoms in total. The van der Waals surface area contributed by atoms with Crippen molar-refractivity contribution in [2.24, 2.45) is 5.41 Å². The summed E-state index contributed by atoms with van der Waals surface area (Å²) in [4.78, 5) is 14.4. The first-order chi connectivity index (χ1) is 9.88. The molecule has 1 saturated heterocycles. The van der Waals surface area contributed by atoms with Gasteiger partial charge in [-0.05, 0) is 19.8 Å². The van der Waals surface area contributed by atoms with Gasteiger partial charge in [-0.1, -0.05) is 6.92 Å². The van der Waals surface area contributed by atoms with Crippen molar-refractivity contribution in [1.82, 2.24) is 10.2 Å². The van der Waals surface area contributed by atoms with Gasteiger partial charge in [0.2, 0.25) is 5.91 Å². The normalized spacial score (nSPS) is 23.5. The SMILES string of the molecule is CCS(=O)(=O)[C@H](C)C(=O)NCC1(CN2CCOCC2)CC1. The van der Waals surface area contributed by atoms with Gasteiger partial charge in [0.05, 0.1) is 13.2 Å². The van der Waals surface area contributed by atoms with Gasteiger partial charge >= 0.3 is 0 Å². The van der Waals surface area contributed by atoms with E-state index in [9.17, 15) is 13.2 Å². The molecule has 1 aliphatic heterocycles. The standard InChI is InChI=1S/C14H26N2O4S/c1-3-21(18,19)12(2)13(17)15-10-14(4-5-14)11-16-6-8-20-9-7-16/h12H,3-11H2,1-2H3,(H,15,17)/t12-/m1/s1. The fourth-order valence-electron chi connectivity index (χ4n) is 2.63. The third-order valence-electron chi connectivity index (χ3n) is 4.57. The Hall–Kier alpha value is -0.660. The Morgan fingerprint density at radius 1 is 1.33 bits per heavy atom. The number of nitrogens with zero attached hydrogens (tertiary/aromatic N) is 1. The molecule has 1 heterocycles. The van der Waals surface area contributed by atoms with Gasteiger partial charge in [-0.3, -0.25) is 9.69 Å². The molecule has 0 unspecified atom stereocenters. The number of hydrogen-bond acceptors (Lipinski definition) is 5. The second-order valence-corrected chi connectivity index (χ2v) is 8.81. The van der Waals surface area contributed by atoms with Crippen LogP contribution in [0, 0.1) is 5.41 Å². The van der Waals surface area contributed by atoms with E-state index in [0.29, 0.717) is 6.54 Å². The van der Waals surface area contributed by atoms with Gasteiger partial charge in [-0.25, -0.2) is 8.42 Å². The highest BCUT2D eigenvalue weighted by molar-refractivity contribution is 7.92. The number of amides is 1. The molecule has 21 heavy (non-hydrogen) atoms. The van der Waals surface area contributed by atoms with Crippen LogP contribution in [0.3, 0.4) is 0 Å². The van der Waals surface area contributed by atoms with E-state index in [1.165, 1.54) is 6.92 Å². The number of carbonyl (C=O) groups is 1. The van der Waals surface area contributed by atoms with Crippen LogP contribution in [0.5, 0.6) is 0 Å². The van der Waals surface area contributed by atoms with E-state index in [2.05, 4.69) is 10.2 Å². The maximum absolute atomic E-state index is 12.0. The lowest BCUT2D eigenvalue weighted by Gasteiger charge is -2.30. The molecule has 0 radical (unpaired) electrons. The lowest BCUT2D eigenvalue weighted by molar-refractivity contribution is -0.120.